The monoisotopic (exact) mass is 339 g/mol. The number of rotatable bonds is 4. The van der Waals surface area contributed by atoms with E-state index in [1.165, 1.54) is 5.56 Å². The maximum absolute atomic E-state index is 11.3. The Labute approximate surface area is 129 Å². The van der Waals surface area contributed by atoms with Crippen molar-refractivity contribution < 1.29 is 9.90 Å². The van der Waals surface area contributed by atoms with Gasteiger partial charge in [0, 0.05) is 10.5 Å². The summed E-state index contributed by atoms with van der Waals surface area (Å²) in [6, 6.07) is 8.85. The van der Waals surface area contributed by atoms with E-state index >= 15 is 0 Å². The molecule has 2 rings (SSSR count). The van der Waals surface area contributed by atoms with Gasteiger partial charge in [0.2, 0.25) is 0 Å². The van der Waals surface area contributed by atoms with Gasteiger partial charge < -0.3 is 5.11 Å². The Kier molecular flexibility index (Phi) is 4.86. The predicted octanol–water partition coefficient (Wildman–Crippen LogP) is 4.09. The second-order valence-electron chi connectivity index (χ2n) is 5.88. The highest BCUT2D eigenvalue weighted by Crippen LogP contribution is 2.36. The smallest absolute Gasteiger partial charge is 0.309 e. The van der Waals surface area contributed by atoms with Crippen LogP contribution in [0, 0.1) is 5.41 Å². The van der Waals surface area contributed by atoms with Gasteiger partial charge in [0.25, 0.3) is 0 Å². The number of aliphatic carboxylic acids is 1. The number of hydrogen-bond donors (Lipinski definition) is 1. The quantitative estimate of drug-likeness (QED) is 0.898. The van der Waals surface area contributed by atoms with E-state index in [-0.39, 0.29) is 0 Å². The van der Waals surface area contributed by atoms with Gasteiger partial charge in [-0.1, -0.05) is 35.0 Å². The Hall–Kier alpha value is -0.870. The lowest BCUT2D eigenvalue weighted by Gasteiger charge is -2.40. The minimum absolute atomic E-state index is 0.390. The SMILES string of the molecule is CCC(c1ccc(Br)cc1)N1CCC(C)(C(=O)O)CC1. The lowest BCUT2D eigenvalue weighted by atomic mass is 9.80. The van der Waals surface area contributed by atoms with Gasteiger partial charge in [-0.25, -0.2) is 0 Å². The maximum atomic E-state index is 11.3. The fourth-order valence-corrected chi connectivity index (χ4v) is 3.20. The molecule has 0 saturated carbocycles. The summed E-state index contributed by atoms with van der Waals surface area (Å²) in [5.41, 5.74) is 0.767. The van der Waals surface area contributed by atoms with Crippen LogP contribution >= 0.6 is 15.9 Å². The molecule has 0 bridgehead atoms. The zero-order valence-corrected chi connectivity index (χ0v) is 13.7. The second-order valence-corrected chi connectivity index (χ2v) is 6.79. The Morgan fingerprint density at radius 3 is 2.35 bits per heavy atom. The van der Waals surface area contributed by atoms with Gasteiger partial charge in [-0.15, -0.1) is 0 Å². The second kappa shape index (κ2) is 6.27. The fraction of sp³-hybridized carbons (Fsp3) is 0.562. The van der Waals surface area contributed by atoms with Crippen molar-refractivity contribution in [2.75, 3.05) is 13.1 Å². The molecule has 0 radical (unpaired) electrons. The van der Waals surface area contributed by atoms with Crippen molar-refractivity contribution in [2.24, 2.45) is 5.41 Å². The van der Waals surface area contributed by atoms with Crippen LogP contribution in [0.25, 0.3) is 0 Å². The van der Waals surface area contributed by atoms with Gasteiger partial charge in [0.1, 0.15) is 0 Å². The first-order valence-corrected chi connectivity index (χ1v) is 7.98. The van der Waals surface area contributed by atoms with Gasteiger partial charge in [-0.3, -0.25) is 9.69 Å². The zero-order valence-electron chi connectivity index (χ0n) is 12.1. The molecule has 0 aromatic heterocycles. The number of carbonyl (C=O) groups is 1. The molecule has 1 saturated heterocycles. The van der Waals surface area contributed by atoms with Gasteiger partial charge >= 0.3 is 5.97 Å². The first-order valence-electron chi connectivity index (χ1n) is 7.19. The molecule has 1 N–H and O–H groups in total. The highest BCUT2D eigenvalue weighted by Gasteiger charge is 2.38. The van der Waals surface area contributed by atoms with Crippen LogP contribution in [0.4, 0.5) is 0 Å². The minimum Gasteiger partial charge on any atom is -0.481 e. The van der Waals surface area contributed by atoms with Crippen LogP contribution in [-0.4, -0.2) is 29.1 Å². The van der Waals surface area contributed by atoms with Gasteiger partial charge in [0.15, 0.2) is 0 Å². The van der Waals surface area contributed by atoms with E-state index in [0.717, 1.165) is 36.8 Å². The van der Waals surface area contributed by atoms with Gasteiger partial charge in [0.05, 0.1) is 5.41 Å². The van der Waals surface area contributed by atoms with Crippen LogP contribution in [0.15, 0.2) is 28.7 Å². The Morgan fingerprint density at radius 1 is 1.35 bits per heavy atom. The third-order valence-electron chi connectivity index (χ3n) is 4.50. The Morgan fingerprint density at radius 2 is 1.90 bits per heavy atom. The van der Waals surface area contributed by atoms with Crippen molar-refractivity contribution in [3.63, 3.8) is 0 Å². The summed E-state index contributed by atoms with van der Waals surface area (Å²) in [5.74, 6) is -0.658. The molecule has 1 unspecified atom stereocenters. The summed E-state index contributed by atoms with van der Waals surface area (Å²) in [5, 5.41) is 9.30. The van der Waals surface area contributed by atoms with Crippen LogP contribution in [-0.2, 0) is 4.79 Å². The largest absolute Gasteiger partial charge is 0.481 e. The first kappa shape index (κ1) is 15.5. The summed E-state index contributed by atoms with van der Waals surface area (Å²) in [6.07, 6.45) is 2.51. The van der Waals surface area contributed by atoms with Crippen molar-refractivity contribution in [1.82, 2.24) is 4.90 Å². The standard InChI is InChI=1S/C16H22BrNO2/c1-3-14(12-4-6-13(17)7-5-12)18-10-8-16(2,9-11-18)15(19)20/h4-7,14H,3,8-11H2,1-2H3,(H,19,20). The average molecular weight is 340 g/mol. The van der Waals surface area contributed by atoms with E-state index in [2.05, 4.69) is 52.0 Å². The third-order valence-corrected chi connectivity index (χ3v) is 5.03. The number of carboxylic acids is 1. The van der Waals surface area contributed by atoms with E-state index in [4.69, 9.17) is 0 Å². The number of halogens is 1. The van der Waals surface area contributed by atoms with Crippen LogP contribution in [0.3, 0.4) is 0 Å². The van der Waals surface area contributed by atoms with E-state index < -0.39 is 11.4 Å². The first-order chi connectivity index (χ1) is 9.46. The normalized spacial score (nSPS) is 20.6. The molecule has 110 valence electrons. The number of likely N-dealkylation sites (tertiary alicyclic amines) is 1. The Bertz CT molecular complexity index is 464. The van der Waals surface area contributed by atoms with Crippen LogP contribution in [0.5, 0.6) is 0 Å². The van der Waals surface area contributed by atoms with E-state index in [1.54, 1.807) is 0 Å². The van der Waals surface area contributed by atoms with E-state index in [1.807, 2.05) is 6.92 Å². The third kappa shape index (κ3) is 3.23. The average Bonchev–Trinajstić information content (AvgIpc) is 2.43. The molecule has 1 aliphatic rings. The summed E-state index contributed by atoms with van der Waals surface area (Å²) in [6.45, 7) is 5.78. The molecule has 0 aliphatic carbocycles. The Balaban J connectivity index is 2.07. The zero-order chi connectivity index (χ0) is 14.8. The molecule has 1 aliphatic heterocycles. The molecule has 1 aromatic carbocycles. The maximum Gasteiger partial charge on any atom is 0.309 e. The molecular formula is C16H22BrNO2. The molecule has 0 spiro atoms. The molecule has 1 atom stereocenters. The van der Waals surface area contributed by atoms with E-state index in [9.17, 15) is 9.90 Å². The molecule has 3 nitrogen and oxygen atoms in total. The number of nitrogens with zero attached hydrogens (tertiary/aromatic N) is 1. The van der Waals surface area contributed by atoms with Gasteiger partial charge in [-0.2, -0.15) is 0 Å². The lowest BCUT2D eigenvalue weighted by molar-refractivity contribution is -0.151. The van der Waals surface area contributed by atoms with Crippen LogP contribution < -0.4 is 0 Å². The number of piperidine rings is 1. The number of benzene rings is 1. The molecule has 4 heteroatoms. The molecule has 1 heterocycles. The van der Waals surface area contributed by atoms with Gasteiger partial charge in [-0.05, 0) is 57.0 Å². The van der Waals surface area contributed by atoms with Crippen LogP contribution in [0.2, 0.25) is 0 Å². The molecule has 0 amide bonds. The van der Waals surface area contributed by atoms with E-state index in [0.29, 0.717) is 6.04 Å². The predicted molar refractivity (Wildman–Crippen MR) is 83.7 cm³/mol. The lowest BCUT2D eigenvalue weighted by Crippen LogP contribution is -2.44. The van der Waals surface area contributed by atoms with Crippen molar-refractivity contribution in [1.29, 1.82) is 0 Å². The van der Waals surface area contributed by atoms with Crippen molar-refractivity contribution in [3.8, 4) is 0 Å². The highest BCUT2D eigenvalue weighted by molar-refractivity contribution is 9.10. The highest BCUT2D eigenvalue weighted by atomic mass is 79.9. The summed E-state index contributed by atoms with van der Waals surface area (Å²) in [4.78, 5) is 13.7. The number of hydrogen-bond acceptors (Lipinski definition) is 2. The topological polar surface area (TPSA) is 40.5 Å². The fourth-order valence-electron chi connectivity index (χ4n) is 2.93. The summed E-state index contributed by atoms with van der Waals surface area (Å²) in [7, 11) is 0. The molecule has 1 aromatic rings. The van der Waals surface area contributed by atoms with Crippen molar-refractivity contribution in [2.45, 2.75) is 39.2 Å². The number of carboxylic acid groups (broad SMARTS) is 1. The van der Waals surface area contributed by atoms with Crippen molar-refractivity contribution in [3.05, 3.63) is 34.3 Å². The molecular weight excluding hydrogens is 318 g/mol. The minimum atomic E-state index is -0.658. The van der Waals surface area contributed by atoms with Crippen LogP contribution in [0.1, 0.15) is 44.7 Å². The summed E-state index contributed by atoms with van der Waals surface area (Å²) >= 11 is 3.46. The van der Waals surface area contributed by atoms with Crippen molar-refractivity contribution >= 4 is 21.9 Å². The summed E-state index contributed by atoms with van der Waals surface area (Å²) < 4.78 is 1.09. The molecule has 1 fully saturated rings. The molecule has 20 heavy (non-hydrogen) atoms.